The van der Waals surface area contributed by atoms with Gasteiger partial charge in [-0.1, -0.05) is 11.3 Å². The molecule has 0 fully saturated rings. The first-order valence-electron chi connectivity index (χ1n) is 3.47. The van der Waals surface area contributed by atoms with Crippen molar-refractivity contribution in [1.29, 1.82) is 0 Å². The topological polar surface area (TPSA) is 64.7 Å². The van der Waals surface area contributed by atoms with Gasteiger partial charge in [0.1, 0.15) is 4.60 Å². The summed E-state index contributed by atoms with van der Waals surface area (Å²) in [6, 6.07) is 3.76. The Morgan fingerprint density at radius 1 is 1.38 bits per heavy atom. The Bertz CT molecular complexity index is 428. The van der Waals surface area contributed by atoms with E-state index in [1.54, 1.807) is 6.20 Å². The van der Waals surface area contributed by atoms with Gasteiger partial charge in [-0.25, -0.2) is 4.98 Å². The average Bonchev–Trinajstić information content (AvgIpc) is 2.53. The molecule has 0 bridgehead atoms. The van der Waals surface area contributed by atoms with Gasteiger partial charge in [-0.05, 0) is 28.1 Å². The Kier molecular flexibility index (Phi) is 2.24. The van der Waals surface area contributed by atoms with Crippen LogP contribution in [0.4, 0.5) is 5.13 Å². The number of hydrogen-bond donors (Lipinski definition) is 1. The monoisotopic (exact) mass is 256 g/mol. The van der Waals surface area contributed by atoms with Gasteiger partial charge in [0.15, 0.2) is 5.01 Å². The number of aromatic nitrogens is 3. The van der Waals surface area contributed by atoms with Crippen molar-refractivity contribution in [2.45, 2.75) is 0 Å². The molecule has 0 radical (unpaired) electrons. The largest absolute Gasteiger partial charge is 0.374 e. The van der Waals surface area contributed by atoms with E-state index in [1.807, 2.05) is 12.1 Å². The number of halogens is 1. The molecule has 2 heterocycles. The minimum absolute atomic E-state index is 0.464. The molecule has 0 aliphatic rings. The van der Waals surface area contributed by atoms with Crippen LogP contribution in [0.3, 0.4) is 0 Å². The van der Waals surface area contributed by atoms with Crippen molar-refractivity contribution < 1.29 is 0 Å². The zero-order valence-electron chi connectivity index (χ0n) is 6.44. The molecular weight excluding hydrogens is 252 g/mol. The first kappa shape index (κ1) is 8.58. The van der Waals surface area contributed by atoms with E-state index in [0.29, 0.717) is 5.13 Å². The van der Waals surface area contributed by atoms with E-state index in [1.165, 1.54) is 11.3 Å². The van der Waals surface area contributed by atoms with E-state index in [-0.39, 0.29) is 0 Å². The van der Waals surface area contributed by atoms with Crippen LogP contribution in [-0.4, -0.2) is 15.2 Å². The Balaban J connectivity index is 2.52. The highest BCUT2D eigenvalue weighted by atomic mass is 79.9. The highest BCUT2D eigenvalue weighted by Crippen LogP contribution is 2.29. The van der Waals surface area contributed by atoms with Crippen LogP contribution in [0.25, 0.3) is 10.6 Å². The summed E-state index contributed by atoms with van der Waals surface area (Å²) in [5.41, 5.74) is 6.39. The molecule has 0 saturated carbocycles. The molecule has 2 N–H and O–H groups in total. The van der Waals surface area contributed by atoms with Crippen LogP contribution >= 0.6 is 27.3 Å². The number of pyridine rings is 1. The Morgan fingerprint density at radius 2 is 2.23 bits per heavy atom. The zero-order valence-corrected chi connectivity index (χ0v) is 8.84. The first-order chi connectivity index (χ1) is 6.27. The number of rotatable bonds is 1. The molecule has 4 nitrogen and oxygen atoms in total. The molecule has 0 spiro atoms. The van der Waals surface area contributed by atoms with Gasteiger partial charge in [-0.2, -0.15) is 0 Å². The van der Waals surface area contributed by atoms with Crippen LogP contribution in [0.5, 0.6) is 0 Å². The second-order valence-corrected chi connectivity index (χ2v) is 4.05. The summed E-state index contributed by atoms with van der Waals surface area (Å²) in [6.45, 7) is 0. The maximum atomic E-state index is 5.48. The Hall–Kier alpha value is -1.01. The lowest BCUT2D eigenvalue weighted by molar-refractivity contribution is 1.10. The van der Waals surface area contributed by atoms with Crippen LogP contribution in [0.2, 0.25) is 0 Å². The fraction of sp³-hybridized carbons (Fsp3) is 0. The summed E-state index contributed by atoms with van der Waals surface area (Å²) in [7, 11) is 0. The maximum Gasteiger partial charge on any atom is 0.203 e. The second-order valence-electron chi connectivity index (χ2n) is 2.29. The van der Waals surface area contributed by atoms with E-state index in [4.69, 9.17) is 5.73 Å². The zero-order chi connectivity index (χ0) is 9.26. The van der Waals surface area contributed by atoms with Gasteiger partial charge in [0.2, 0.25) is 5.13 Å². The van der Waals surface area contributed by atoms with Crippen LogP contribution in [0.1, 0.15) is 0 Å². The molecule has 66 valence electrons. The molecule has 2 rings (SSSR count). The lowest BCUT2D eigenvalue weighted by Gasteiger charge is -1.95. The lowest BCUT2D eigenvalue weighted by Crippen LogP contribution is -1.82. The normalized spacial score (nSPS) is 10.2. The van der Waals surface area contributed by atoms with Gasteiger partial charge < -0.3 is 5.73 Å². The summed E-state index contributed by atoms with van der Waals surface area (Å²) in [4.78, 5) is 4.08. The SMILES string of the molecule is Nc1nnc(-c2cccnc2Br)s1. The predicted molar refractivity (Wildman–Crippen MR) is 55.3 cm³/mol. The quantitative estimate of drug-likeness (QED) is 0.793. The fourth-order valence-corrected chi connectivity index (χ4v) is 2.09. The summed E-state index contributed by atoms with van der Waals surface area (Å²) in [6.07, 6.45) is 1.71. The van der Waals surface area contributed by atoms with Crippen molar-refractivity contribution in [3.63, 3.8) is 0 Å². The van der Waals surface area contributed by atoms with Gasteiger partial charge in [0.25, 0.3) is 0 Å². The van der Waals surface area contributed by atoms with Crippen molar-refractivity contribution >= 4 is 32.4 Å². The van der Waals surface area contributed by atoms with E-state index in [2.05, 4.69) is 31.1 Å². The summed E-state index contributed by atoms with van der Waals surface area (Å²) in [5, 5.41) is 8.89. The highest BCUT2D eigenvalue weighted by molar-refractivity contribution is 9.10. The minimum atomic E-state index is 0.464. The van der Waals surface area contributed by atoms with Crippen molar-refractivity contribution in [1.82, 2.24) is 15.2 Å². The van der Waals surface area contributed by atoms with Crippen molar-refractivity contribution in [2.75, 3.05) is 5.73 Å². The molecule has 0 aliphatic heterocycles. The summed E-state index contributed by atoms with van der Waals surface area (Å²) >= 11 is 4.67. The Labute approximate surface area is 87.0 Å². The third-order valence-corrected chi connectivity index (χ3v) is 2.85. The maximum absolute atomic E-state index is 5.48. The summed E-state index contributed by atoms with van der Waals surface area (Å²) < 4.78 is 0.756. The van der Waals surface area contributed by atoms with Crippen molar-refractivity contribution in [2.24, 2.45) is 0 Å². The summed E-state index contributed by atoms with van der Waals surface area (Å²) in [5.74, 6) is 0. The van der Waals surface area contributed by atoms with E-state index < -0.39 is 0 Å². The van der Waals surface area contributed by atoms with Crippen LogP contribution in [0, 0.1) is 0 Å². The molecule has 13 heavy (non-hydrogen) atoms. The van der Waals surface area contributed by atoms with Gasteiger partial charge in [0.05, 0.1) is 0 Å². The third kappa shape index (κ3) is 1.68. The highest BCUT2D eigenvalue weighted by Gasteiger charge is 2.07. The van der Waals surface area contributed by atoms with Gasteiger partial charge >= 0.3 is 0 Å². The number of nitrogens with two attached hydrogens (primary N) is 1. The molecular formula is C7H5BrN4S. The fourth-order valence-electron chi connectivity index (χ4n) is 0.889. The molecule has 2 aromatic rings. The number of nitrogen functional groups attached to an aromatic ring is 1. The van der Waals surface area contributed by atoms with E-state index in [9.17, 15) is 0 Å². The van der Waals surface area contributed by atoms with E-state index in [0.717, 1.165) is 15.2 Å². The second kappa shape index (κ2) is 3.39. The molecule has 6 heteroatoms. The molecule has 2 aromatic heterocycles. The van der Waals surface area contributed by atoms with Crippen molar-refractivity contribution in [3.8, 4) is 10.6 Å². The van der Waals surface area contributed by atoms with Crippen LogP contribution < -0.4 is 5.73 Å². The number of hydrogen-bond acceptors (Lipinski definition) is 5. The predicted octanol–water partition coefficient (Wildman–Crippen LogP) is 1.94. The van der Waals surface area contributed by atoms with Gasteiger partial charge in [-0.3, -0.25) is 0 Å². The van der Waals surface area contributed by atoms with E-state index >= 15 is 0 Å². The number of anilines is 1. The standard InChI is InChI=1S/C7H5BrN4S/c8-5-4(2-1-3-10-5)6-11-12-7(9)13-6/h1-3H,(H2,9,12). The molecule has 0 atom stereocenters. The minimum Gasteiger partial charge on any atom is -0.374 e. The number of nitrogens with zero attached hydrogens (tertiary/aromatic N) is 3. The first-order valence-corrected chi connectivity index (χ1v) is 5.08. The third-order valence-electron chi connectivity index (χ3n) is 1.43. The van der Waals surface area contributed by atoms with Crippen LogP contribution in [-0.2, 0) is 0 Å². The molecule has 0 aliphatic carbocycles. The molecule has 0 amide bonds. The Morgan fingerprint density at radius 3 is 2.85 bits per heavy atom. The molecule has 0 aromatic carbocycles. The molecule has 0 saturated heterocycles. The van der Waals surface area contributed by atoms with Crippen molar-refractivity contribution in [3.05, 3.63) is 22.9 Å². The van der Waals surface area contributed by atoms with Gasteiger partial charge in [0, 0.05) is 11.8 Å². The lowest BCUT2D eigenvalue weighted by atomic mass is 10.3. The average molecular weight is 257 g/mol. The van der Waals surface area contributed by atoms with Crippen LogP contribution in [0.15, 0.2) is 22.9 Å². The van der Waals surface area contributed by atoms with Gasteiger partial charge in [-0.15, -0.1) is 10.2 Å². The molecule has 0 unspecified atom stereocenters. The smallest absolute Gasteiger partial charge is 0.203 e.